The second kappa shape index (κ2) is 12.0. The number of nitrogens with zero attached hydrogens (tertiary/aromatic N) is 3. The van der Waals surface area contributed by atoms with Crippen molar-refractivity contribution in [1.82, 2.24) is 15.1 Å². The number of benzene rings is 2. The van der Waals surface area contributed by atoms with Crippen molar-refractivity contribution in [3.63, 3.8) is 0 Å². The number of nitrogens with one attached hydrogen (secondary N) is 1. The Morgan fingerprint density at radius 2 is 1.74 bits per heavy atom. The van der Waals surface area contributed by atoms with Gasteiger partial charge in [-0.05, 0) is 67.1 Å². The maximum Gasteiger partial charge on any atom is 0.417 e. The van der Waals surface area contributed by atoms with Crippen LogP contribution in [0.1, 0.15) is 42.4 Å². The molecule has 4 amide bonds. The van der Waals surface area contributed by atoms with E-state index in [0.29, 0.717) is 39.0 Å². The standard InChI is InChI=1S/C34H27Cl2F3N4O7/c1-2-50-25-11-15(3-10-24(25)44)27-19-8-9-20-26(31(47)43(49)29(20)45)21(19)13-22-30(46)42(32(48)33(22,27)16-4-6-18(35)7-5-16)41-28-23(36)12-17(14-40-28)34(37,38)39/h3-8,10-12,14,20-22,26-27,44,49H,2,9,13H2,1H3,(H,40,41). The highest BCUT2D eigenvalue weighted by Gasteiger charge is 2.70. The predicted octanol–water partition coefficient (Wildman–Crippen LogP) is 5.89. The van der Waals surface area contributed by atoms with Crippen molar-refractivity contribution in [3.05, 3.63) is 93.1 Å². The van der Waals surface area contributed by atoms with Crippen LogP contribution in [0.15, 0.2) is 66.4 Å². The van der Waals surface area contributed by atoms with E-state index in [2.05, 4.69) is 10.4 Å². The lowest BCUT2D eigenvalue weighted by atomic mass is 9.49. The number of allylic oxidation sites excluding steroid dienone is 2. The van der Waals surface area contributed by atoms with Crippen LogP contribution < -0.4 is 10.2 Å². The number of imide groups is 2. The van der Waals surface area contributed by atoms with Gasteiger partial charge < -0.3 is 9.84 Å². The van der Waals surface area contributed by atoms with Crippen LogP contribution in [0.4, 0.5) is 19.0 Å². The van der Waals surface area contributed by atoms with Crippen molar-refractivity contribution in [2.45, 2.75) is 37.3 Å². The number of rotatable bonds is 6. The van der Waals surface area contributed by atoms with Crippen molar-refractivity contribution in [3.8, 4) is 11.5 Å². The highest BCUT2D eigenvalue weighted by Crippen LogP contribution is 2.64. The molecule has 4 aliphatic rings. The molecule has 260 valence electrons. The first kappa shape index (κ1) is 33.8. The lowest BCUT2D eigenvalue weighted by Crippen LogP contribution is -2.53. The Hall–Kier alpha value is -4.66. The number of amides is 4. The maximum atomic E-state index is 15.1. The van der Waals surface area contributed by atoms with Gasteiger partial charge in [0.05, 0.1) is 40.4 Å². The average molecular weight is 732 g/mol. The van der Waals surface area contributed by atoms with E-state index in [4.69, 9.17) is 27.9 Å². The molecule has 2 saturated heterocycles. The number of phenols is 1. The number of phenolic OH excluding ortho intramolecular Hbond substituents is 1. The van der Waals surface area contributed by atoms with Gasteiger partial charge in [0.15, 0.2) is 17.3 Å². The minimum Gasteiger partial charge on any atom is -0.504 e. The van der Waals surface area contributed by atoms with Gasteiger partial charge in [0.2, 0.25) is 0 Å². The van der Waals surface area contributed by atoms with Gasteiger partial charge in [-0.1, -0.05) is 53.1 Å². The first-order valence-electron chi connectivity index (χ1n) is 15.6. The summed E-state index contributed by atoms with van der Waals surface area (Å²) in [5, 5.41) is 21.6. The molecule has 1 aromatic heterocycles. The molecule has 0 spiro atoms. The number of carbonyl (C=O) groups is 4. The molecule has 2 aromatic carbocycles. The molecule has 6 atom stereocenters. The fourth-order valence-electron chi connectivity index (χ4n) is 8.12. The molecular formula is C34H27Cl2F3N4O7. The van der Waals surface area contributed by atoms with E-state index >= 15 is 4.79 Å². The minimum absolute atomic E-state index is 0.0571. The van der Waals surface area contributed by atoms with E-state index in [1.807, 2.05) is 0 Å². The van der Waals surface area contributed by atoms with E-state index in [1.165, 1.54) is 12.1 Å². The quantitative estimate of drug-likeness (QED) is 0.160. The van der Waals surface area contributed by atoms with Crippen LogP contribution >= 0.6 is 23.2 Å². The molecule has 0 radical (unpaired) electrons. The summed E-state index contributed by atoms with van der Waals surface area (Å²) in [6.07, 6.45) is -2.55. The second-order valence-corrected chi connectivity index (χ2v) is 13.4. The number of aromatic nitrogens is 1. The maximum absolute atomic E-state index is 15.1. The topological polar surface area (TPSA) is 149 Å². The normalized spacial score (nSPS) is 27.6. The molecular weight excluding hydrogens is 704 g/mol. The summed E-state index contributed by atoms with van der Waals surface area (Å²) in [6, 6.07) is 11.4. The summed E-state index contributed by atoms with van der Waals surface area (Å²) in [5.74, 6) is -8.70. The number of aromatic hydroxyl groups is 1. The van der Waals surface area contributed by atoms with Crippen molar-refractivity contribution in [1.29, 1.82) is 0 Å². The molecule has 3 fully saturated rings. The molecule has 3 heterocycles. The Bertz CT molecular complexity index is 1990. The second-order valence-electron chi connectivity index (χ2n) is 12.6. The van der Waals surface area contributed by atoms with Crippen molar-refractivity contribution in [2.24, 2.45) is 23.7 Å². The fourth-order valence-corrected chi connectivity index (χ4v) is 8.46. The SMILES string of the molecule is CCOc1cc(C2C3=CCC4C(=O)N(O)C(=O)C4C3CC3C(=O)N(Nc4ncc(C(F)(F)F)cc4Cl)C(=O)C32c2ccc(Cl)cc2)ccc1O. The summed E-state index contributed by atoms with van der Waals surface area (Å²) in [4.78, 5) is 59.7. The highest BCUT2D eigenvalue weighted by atomic mass is 35.5. The number of alkyl halides is 3. The number of ether oxygens (including phenoxy) is 1. The molecule has 6 unspecified atom stereocenters. The zero-order valence-corrected chi connectivity index (χ0v) is 27.5. The molecule has 3 aromatic rings. The lowest BCUT2D eigenvalue weighted by molar-refractivity contribution is -0.173. The van der Waals surface area contributed by atoms with Gasteiger partial charge in [-0.3, -0.25) is 29.8 Å². The summed E-state index contributed by atoms with van der Waals surface area (Å²) >= 11 is 12.5. The number of fused-ring (bicyclic) bond motifs is 4. The van der Waals surface area contributed by atoms with Crippen LogP contribution in [0.25, 0.3) is 0 Å². The summed E-state index contributed by atoms with van der Waals surface area (Å²) < 4.78 is 45.8. The minimum atomic E-state index is -4.76. The van der Waals surface area contributed by atoms with Crippen LogP contribution in [-0.4, -0.2) is 55.6 Å². The molecule has 7 rings (SSSR count). The molecule has 2 aliphatic carbocycles. The Kier molecular flexibility index (Phi) is 8.11. The Labute approximate surface area is 292 Å². The van der Waals surface area contributed by atoms with E-state index in [9.17, 15) is 37.9 Å². The Balaban J connectivity index is 1.45. The van der Waals surface area contributed by atoms with Gasteiger partial charge in [0.1, 0.15) is 0 Å². The van der Waals surface area contributed by atoms with Crippen LogP contribution in [-0.2, 0) is 30.8 Å². The molecule has 0 bridgehead atoms. The largest absolute Gasteiger partial charge is 0.504 e. The number of pyridine rings is 1. The molecule has 16 heteroatoms. The van der Waals surface area contributed by atoms with E-state index < -0.39 is 81.2 Å². The van der Waals surface area contributed by atoms with E-state index in [-0.39, 0.29) is 36.0 Å². The van der Waals surface area contributed by atoms with Crippen molar-refractivity contribution >= 4 is 52.6 Å². The zero-order valence-electron chi connectivity index (χ0n) is 25.9. The first-order chi connectivity index (χ1) is 23.7. The van der Waals surface area contributed by atoms with Crippen LogP contribution in [0.3, 0.4) is 0 Å². The molecule has 3 N–H and O–H groups in total. The van der Waals surface area contributed by atoms with Gasteiger partial charge in [-0.15, -0.1) is 0 Å². The average Bonchev–Trinajstić information content (AvgIpc) is 3.43. The Morgan fingerprint density at radius 3 is 2.40 bits per heavy atom. The molecule has 2 aliphatic heterocycles. The monoisotopic (exact) mass is 730 g/mol. The third-order valence-corrected chi connectivity index (χ3v) is 10.7. The highest BCUT2D eigenvalue weighted by molar-refractivity contribution is 6.33. The molecule has 1 saturated carbocycles. The van der Waals surface area contributed by atoms with Gasteiger partial charge >= 0.3 is 6.18 Å². The van der Waals surface area contributed by atoms with Crippen molar-refractivity contribution in [2.75, 3.05) is 12.0 Å². The van der Waals surface area contributed by atoms with Gasteiger partial charge in [0.25, 0.3) is 23.6 Å². The lowest BCUT2D eigenvalue weighted by Gasteiger charge is -2.50. The fraction of sp³-hybridized carbons (Fsp3) is 0.324. The number of hydrogen-bond donors (Lipinski definition) is 3. The van der Waals surface area contributed by atoms with Gasteiger partial charge in [-0.25, -0.2) is 4.98 Å². The summed E-state index contributed by atoms with van der Waals surface area (Å²) in [5.41, 5.74) is 0.976. The van der Waals surface area contributed by atoms with Crippen molar-refractivity contribution < 1.29 is 47.4 Å². The summed E-state index contributed by atoms with van der Waals surface area (Å²) in [7, 11) is 0. The van der Waals surface area contributed by atoms with E-state index in [1.54, 1.807) is 43.3 Å². The number of anilines is 1. The van der Waals surface area contributed by atoms with E-state index in [0.717, 1.165) is 0 Å². The predicted molar refractivity (Wildman–Crippen MR) is 170 cm³/mol. The summed E-state index contributed by atoms with van der Waals surface area (Å²) in [6.45, 7) is 1.89. The van der Waals surface area contributed by atoms with Gasteiger partial charge in [0, 0.05) is 17.1 Å². The molecule has 50 heavy (non-hydrogen) atoms. The smallest absolute Gasteiger partial charge is 0.417 e. The number of hydrazine groups is 1. The number of carbonyl (C=O) groups excluding carboxylic acids is 4. The molecule has 11 nitrogen and oxygen atoms in total. The van der Waals surface area contributed by atoms with Crippen LogP contribution in [0.5, 0.6) is 11.5 Å². The third kappa shape index (κ3) is 4.95. The first-order valence-corrected chi connectivity index (χ1v) is 16.3. The number of hydroxylamine groups is 2. The third-order valence-electron chi connectivity index (χ3n) is 10.2. The van der Waals surface area contributed by atoms with Gasteiger partial charge in [-0.2, -0.15) is 23.2 Å². The number of halogens is 5. The zero-order chi connectivity index (χ0) is 35.9. The number of hydrogen-bond acceptors (Lipinski definition) is 9. The van der Waals surface area contributed by atoms with Crippen LogP contribution in [0, 0.1) is 23.7 Å². The Morgan fingerprint density at radius 1 is 1.02 bits per heavy atom. The van der Waals surface area contributed by atoms with Crippen LogP contribution in [0.2, 0.25) is 10.0 Å².